The summed E-state index contributed by atoms with van der Waals surface area (Å²) in [7, 11) is 0. The second-order valence-electron chi connectivity index (χ2n) is 3.70. The zero-order chi connectivity index (χ0) is 11.0. The molecule has 0 fully saturated rings. The molecule has 0 bridgehead atoms. The standard InChI is InChI=1S/C11H12N2O2/c1-6-3-8(11(14)15)4-9-10(6)13-7(2)5-12-9/h3-5,7,13H,1-2H3,(H,14,15). The lowest BCUT2D eigenvalue weighted by atomic mass is 10.1. The number of aliphatic imine (C=N–C) groups is 1. The molecule has 0 amide bonds. The van der Waals surface area contributed by atoms with Crippen molar-refractivity contribution in [3.63, 3.8) is 0 Å². The van der Waals surface area contributed by atoms with Crippen LogP contribution in [0.5, 0.6) is 0 Å². The minimum Gasteiger partial charge on any atom is -0.478 e. The fraction of sp³-hybridized carbons (Fsp3) is 0.273. The van der Waals surface area contributed by atoms with Crippen LogP contribution in [0.3, 0.4) is 0 Å². The number of nitrogens with one attached hydrogen (secondary N) is 1. The highest BCUT2D eigenvalue weighted by Crippen LogP contribution is 2.32. The second kappa shape index (κ2) is 3.38. The van der Waals surface area contributed by atoms with E-state index in [2.05, 4.69) is 10.3 Å². The van der Waals surface area contributed by atoms with Crippen LogP contribution in [0.2, 0.25) is 0 Å². The number of carbonyl (C=O) groups is 1. The Bertz CT molecular complexity index is 452. The predicted molar refractivity (Wildman–Crippen MR) is 59.4 cm³/mol. The van der Waals surface area contributed by atoms with E-state index in [9.17, 15) is 4.79 Å². The van der Waals surface area contributed by atoms with E-state index in [4.69, 9.17) is 5.11 Å². The zero-order valence-corrected chi connectivity index (χ0v) is 8.61. The number of anilines is 1. The normalized spacial score (nSPS) is 18.1. The Morgan fingerprint density at radius 1 is 1.53 bits per heavy atom. The Morgan fingerprint density at radius 2 is 2.27 bits per heavy atom. The van der Waals surface area contributed by atoms with E-state index in [-0.39, 0.29) is 11.6 Å². The minimum atomic E-state index is -0.922. The summed E-state index contributed by atoms with van der Waals surface area (Å²) in [5.41, 5.74) is 2.81. The Labute approximate surface area is 87.7 Å². The first-order chi connectivity index (χ1) is 7.08. The molecule has 0 aliphatic carbocycles. The number of aromatic carboxylic acids is 1. The quantitative estimate of drug-likeness (QED) is 0.737. The van der Waals surface area contributed by atoms with Crippen molar-refractivity contribution in [2.45, 2.75) is 19.9 Å². The lowest BCUT2D eigenvalue weighted by molar-refractivity contribution is 0.0697. The van der Waals surface area contributed by atoms with Crippen molar-refractivity contribution in [1.82, 2.24) is 0 Å². The van der Waals surface area contributed by atoms with Crippen molar-refractivity contribution in [2.24, 2.45) is 4.99 Å². The number of hydrogen-bond acceptors (Lipinski definition) is 3. The van der Waals surface area contributed by atoms with Gasteiger partial charge in [0, 0.05) is 6.21 Å². The highest BCUT2D eigenvalue weighted by molar-refractivity contribution is 5.93. The number of fused-ring (bicyclic) bond motifs is 1. The van der Waals surface area contributed by atoms with Crippen molar-refractivity contribution < 1.29 is 9.90 Å². The van der Waals surface area contributed by atoms with Gasteiger partial charge in [-0.1, -0.05) is 0 Å². The van der Waals surface area contributed by atoms with E-state index in [1.54, 1.807) is 18.3 Å². The van der Waals surface area contributed by atoms with Crippen LogP contribution in [0.1, 0.15) is 22.8 Å². The van der Waals surface area contributed by atoms with Crippen molar-refractivity contribution in [3.8, 4) is 0 Å². The zero-order valence-electron chi connectivity index (χ0n) is 8.61. The highest BCUT2D eigenvalue weighted by Gasteiger charge is 2.15. The van der Waals surface area contributed by atoms with Crippen LogP contribution < -0.4 is 5.32 Å². The van der Waals surface area contributed by atoms with Crippen molar-refractivity contribution in [2.75, 3.05) is 5.32 Å². The number of nitrogens with zero attached hydrogens (tertiary/aromatic N) is 1. The molecule has 0 saturated carbocycles. The van der Waals surface area contributed by atoms with Gasteiger partial charge in [-0.25, -0.2) is 4.79 Å². The molecule has 1 unspecified atom stereocenters. The molecule has 1 aromatic rings. The molecular weight excluding hydrogens is 192 g/mol. The Kier molecular flexibility index (Phi) is 2.19. The summed E-state index contributed by atoms with van der Waals surface area (Å²) >= 11 is 0. The fourth-order valence-corrected chi connectivity index (χ4v) is 1.64. The van der Waals surface area contributed by atoms with Crippen LogP contribution >= 0.6 is 0 Å². The third-order valence-corrected chi connectivity index (χ3v) is 2.37. The van der Waals surface area contributed by atoms with E-state index in [0.717, 1.165) is 11.3 Å². The topological polar surface area (TPSA) is 61.7 Å². The van der Waals surface area contributed by atoms with E-state index in [1.165, 1.54) is 0 Å². The first-order valence-electron chi connectivity index (χ1n) is 4.76. The van der Waals surface area contributed by atoms with Crippen molar-refractivity contribution >= 4 is 23.6 Å². The molecule has 2 rings (SSSR count). The highest BCUT2D eigenvalue weighted by atomic mass is 16.4. The number of hydrogen-bond donors (Lipinski definition) is 2. The van der Waals surface area contributed by atoms with Gasteiger partial charge in [-0.15, -0.1) is 0 Å². The average Bonchev–Trinajstić information content (AvgIpc) is 2.18. The summed E-state index contributed by atoms with van der Waals surface area (Å²) in [5, 5.41) is 12.1. The number of carboxylic acid groups (broad SMARTS) is 1. The Morgan fingerprint density at radius 3 is 2.93 bits per heavy atom. The molecule has 1 aromatic carbocycles. The molecule has 15 heavy (non-hydrogen) atoms. The molecule has 1 aliphatic rings. The van der Waals surface area contributed by atoms with E-state index in [0.29, 0.717) is 5.69 Å². The number of benzene rings is 1. The van der Waals surface area contributed by atoms with Crippen LogP contribution in [0.25, 0.3) is 0 Å². The third-order valence-electron chi connectivity index (χ3n) is 2.37. The van der Waals surface area contributed by atoms with Gasteiger partial charge in [0.15, 0.2) is 0 Å². The molecule has 1 atom stereocenters. The molecule has 4 heteroatoms. The molecule has 0 saturated heterocycles. The average molecular weight is 204 g/mol. The SMILES string of the molecule is Cc1cc(C(=O)O)cc2c1NC(C)C=N2. The summed E-state index contributed by atoms with van der Waals surface area (Å²) in [6.45, 7) is 3.88. The Balaban J connectivity index is 2.55. The fourth-order valence-electron chi connectivity index (χ4n) is 1.64. The maximum absolute atomic E-state index is 10.8. The summed E-state index contributed by atoms with van der Waals surface area (Å²) in [6, 6.07) is 3.42. The lowest BCUT2D eigenvalue weighted by Gasteiger charge is -2.20. The first kappa shape index (κ1) is 9.71. The largest absolute Gasteiger partial charge is 0.478 e. The lowest BCUT2D eigenvalue weighted by Crippen LogP contribution is -2.20. The summed E-state index contributed by atoms with van der Waals surface area (Å²) in [6.07, 6.45) is 1.77. The summed E-state index contributed by atoms with van der Waals surface area (Å²) in [5.74, 6) is -0.922. The van der Waals surface area contributed by atoms with Gasteiger partial charge in [0.25, 0.3) is 0 Å². The van der Waals surface area contributed by atoms with Gasteiger partial charge >= 0.3 is 5.97 Å². The molecule has 0 radical (unpaired) electrons. The number of aryl methyl sites for hydroxylation is 1. The predicted octanol–water partition coefficient (Wildman–Crippen LogP) is 2.21. The Hall–Kier alpha value is -1.84. The molecule has 78 valence electrons. The van der Waals surface area contributed by atoms with Crippen molar-refractivity contribution in [1.29, 1.82) is 0 Å². The molecular formula is C11H12N2O2. The van der Waals surface area contributed by atoms with Crippen LogP contribution in [-0.4, -0.2) is 23.3 Å². The van der Waals surface area contributed by atoms with Gasteiger partial charge in [0.05, 0.1) is 23.0 Å². The molecule has 1 aliphatic heterocycles. The van der Waals surface area contributed by atoms with Gasteiger partial charge in [-0.3, -0.25) is 4.99 Å². The first-order valence-corrected chi connectivity index (χ1v) is 4.76. The van der Waals surface area contributed by atoms with Crippen LogP contribution in [-0.2, 0) is 0 Å². The molecule has 4 nitrogen and oxygen atoms in total. The maximum Gasteiger partial charge on any atom is 0.335 e. The van der Waals surface area contributed by atoms with Crippen LogP contribution in [0.4, 0.5) is 11.4 Å². The van der Waals surface area contributed by atoms with Crippen LogP contribution in [0, 0.1) is 6.92 Å². The van der Waals surface area contributed by atoms with Crippen molar-refractivity contribution in [3.05, 3.63) is 23.3 Å². The molecule has 0 spiro atoms. The number of rotatable bonds is 1. The smallest absolute Gasteiger partial charge is 0.335 e. The summed E-state index contributed by atoms with van der Waals surface area (Å²) in [4.78, 5) is 15.1. The molecule has 2 N–H and O–H groups in total. The summed E-state index contributed by atoms with van der Waals surface area (Å²) < 4.78 is 0. The van der Waals surface area contributed by atoms with Crippen LogP contribution in [0.15, 0.2) is 17.1 Å². The molecule has 1 heterocycles. The van der Waals surface area contributed by atoms with Gasteiger partial charge in [-0.05, 0) is 31.5 Å². The minimum absolute atomic E-state index is 0.187. The van der Waals surface area contributed by atoms with Gasteiger partial charge in [0.2, 0.25) is 0 Å². The second-order valence-corrected chi connectivity index (χ2v) is 3.70. The van der Waals surface area contributed by atoms with Gasteiger partial charge < -0.3 is 10.4 Å². The van der Waals surface area contributed by atoms with E-state index >= 15 is 0 Å². The van der Waals surface area contributed by atoms with E-state index in [1.807, 2.05) is 13.8 Å². The number of carboxylic acids is 1. The molecule has 0 aromatic heterocycles. The third kappa shape index (κ3) is 1.70. The van der Waals surface area contributed by atoms with Gasteiger partial charge in [-0.2, -0.15) is 0 Å². The monoisotopic (exact) mass is 204 g/mol. The van der Waals surface area contributed by atoms with E-state index < -0.39 is 5.97 Å². The maximum atomic E-state index is 10.8. The van der Waals surface area contributed by atoms with Gasteiger partial charge in [0.1, 0.15) is 0 Å².